The number of nitrogens with one attached hydrogen (secondary N) is 1. The Morgan fingerprint density at radius 3 is 2.30 bits per heavy atom. The first-order chi connectivity index (χ1) is 22.7. The lowest BCUT2D eigenvalue weighted by atomic mass is 9.49. The van der Waals surface area contributed by atoms with E-state index in [1.807, 2.05) is 55.5 Å². The van der Waals surface area contributed by atoms with Crippen LogP contribution in [-0.2, 0) is 24.6 Å². The van der Waals surface area contributed by atoms with Gasteiger partial charge < -0.3 is 14.6 Å². The highest BCUT2D eigenvalue weighted by molar-refractivity contribution is 6.13. The Bertz CT molecular complexity index is 1820. The van der Waals surface area contributed by atoms with E-state index < -0.39 is 46.8 Å². The zero-order valence-corrected chi connectivity index (χ0v) is 26.7. The van der Waals surface area contributed by atoms with E-state index in [-0.39, 0.29) is 36.3 Å². The third-order valence-electron chi connectivity index (χ3n) is 10.6. The topological polar surface area (TPSA) is 125 Å². The number of hydrogen-bond donors (Lipinski definition) is 2. The van der Waals surface area contributed by atoms with Crippen molar-refractivity contribution in [1.82, 2.24) is 9.91 Å². The average molecular weight is 636 g/mol. The molecular weight excluding hydrogens is 598 g/mol. The van der Waals surface area contributed by atoms with Gasteiger partial charge in [-0.2, -0.15) is 5.01 Å². The van der Waals surface area contributed by atoms with E-state index in [2.05, 4.69) is 5.43 Å². The number of ether oxygens (including phenoxy) is 2. The maximum absolute atomic E-state index is 15.2. The second-order valence-electron chi connectivity index (χ2n) is 12.8. The van der Waals surface area contributed by atoms with Gasteiger partial charge in [0.1, 0.15) is 17.2 Å². The predicted molar refractivity (Wildman–Crippen MR) is 172 cm³/mol. The van der Waals surface area contributed by atoms with Crippen LogP contribution in [0.1, 0.15) is 42.4 Å². The molecular formula is C37H37N3O7. The third-order valence-corrected chi connectivity index (χ3v) is 10.6. The Morgan fingerprint density at radius 2 is 1.64 bits per heavy atom. The number of carbonyl (C=O) groups is 4. The number of anilines is 1. The van der Waals surface area contributed by atoms with Crippen LogP contribution in [0.4, 0.5) is 5.69 Å². The summed E-state index contributed by atoms with van der Waals surface area (Å²) in [5.41, 5.74) is 4.80. The number of hydrogen-bond acceptors (Lipinski definition) is 8. The van der Waals surface area contributed by atoms with Gasteiger partial charge in [-0.05, 0) is 50.3 Å². The highest BCUT2D eigenvalue weighted by Gasteiger charge is 2.71. The summed E-state index contributed by atoms with van der Waals surface area (Å²) in [5, 5.41) is 12.9. The third kappa shape index (κ3) is 4.30. The molecule has 242 valence electrons. The number of aromatic hydroxyl groups is 1. The summed E-state index contributed by atoms with van der Waals surface area (Å²) in [4.78, 5) is 58.5. The molecule has 1 saturated carbocycles. The molecule has 4 amide bonds. The first-order valence-corrected chi connectivity index (χ1v) is 15.9. The number of hydrazine groups is 1. The van der Waals surface area contributed by atoms with Crippen LogP contribution < -0.4 is 14.9 Å². The van der Waals surface area contributed by atoms with Crippen LogP contribution in [0.2, 0.25) is 0 Å². The van der Waals surface area contributed by atoms with Gasteiger partial charge in [-0.3, -0.25) is 29.5 Å². The minimum atomic E-state index is -1.53. The van der Waals surface area contributed by atoms with E-state index in [1.54, 1.807) is 25.1 Å². The fourth-order valence-electron chi connectivity index (χ4n) is 8.60. The molecule has 2 heterocycles. The van der Waals surface area contributed by atoms with E-state index in [9.17, 15) is 19.5 Å². The molecule has 6 unspecified atom stereocenters. The number of amides is 4. The molecule has 3 aromatic rings. The number of carbonyl (C=O) groups excluding carboxylic acids is 4. The second-order valence-corrected chi connectivity index (χ2v) is 12.8. The highest BCUT2D eigenvalue weighted by atomic mass is 16.5. The molecule has 47 heavy (non-hydrogen) atoms. The van der Waals surface area contributed by atoms with Gasteiger partial charge in [0.15, 0.2) is 0 Å². The van der Waals surface area contributed by atoms with Crippen molar-refractivity contribution in [2.24, 2.45) is 23.7 Å². The summed E-state index contributed by atoms with van der Waals surface area (Å²) in [5.74, 6) is -4.57. The minimum Gasteiger partial charge on any atom is -0.507 e. The first-order valence-electron chi connectivity index (χ1n) is 15.9. The van der Waals surface area contributed by atoms with E-state index >= 15 is 4.79 Å². The Morgan fingerprint density at radius 1 is 0.915 bits per heavy atom. The second kappa shape index (κ2) is 11.3. The van der Waals surface area contributed by atoms with Crippen molar-refractivity contribution in [3.8, 4) is 17.2 Å². The van der Waals surface area contributed by atoms with Crippen molar-refractivity contribution in [3.63, 3.8) is 0 Å². The Balaban J connectivity index is 1.50. The molecule has 0 bridgehead atoms. The molecule has 7 rings (SSSR count). The summed E-state index contributed by atoms with van der Waals surface area (Å²) < 4.78 is 11.3. The number of rotatable bonds is 7. The number of aryl methyl sites for hydroxylation is 1. The Hall–Kier alpha value is -5.12. The number of methoxy groups -OCH3 is 2. The number of allylic oxidation sites excluding steroid dienone is 2. The predicted octanol–water partition coefficient (Wildman–Crippen LogP) is 4.72. The fraction of sp³-hybridized carbons (Fsp3) is 0.351. The summed E-state index contributed by atoms with van der Waals surface area (Å²) >= 11 is 0. The standard InChI is InChI=1S/C37H37N3O7/c1-5-39-33(42)25-16-15-24-26(30(25)35(39)44)19-27-34(43)40(38-22-13-11-20(2)12-14-22)36(45)37(27,21-9-7-6-8-10-21)32(24)31-28(41)17-23(46-3)18-29(31)47-4/h6-15,17-18,25-27,30,32,38,41H,5,16,19H2,1-4H3. The fourth-order valence-corrected chi connectivity index (χ4v) is 8.60. The number of phenolic OH excluding ortho intramolecular Hbond substituents is 1. The monoisotopic (exact) mass is 635 g/mol. The molecule has 0 radical (unpaired) electrons. The molecule has 0 spiro atoms. The molecule has 2 aliphatic carbocycles. The van der Waals surface area contributed by atoms with E-state index in [1.165, 1.54) is 25.2 Å². The zero-order valence-electron chi connectivity index (χ0n) is 26.7. The molecule has 6 atom stereocenters. The molecule has 2 aliphatic heterocycles. The van der Waals surface area contributed by atoms with Gasteiger partial charge in [0.2, 0.25) is 11.8 Å². The molecule has 4 aliphatic rings. The van der Waals surface area contributed by atoms with Crippen molar-refractivity contribution in [1.29, 1.82) is 0 Å². The maximum Gasteiger partial charge on any atom is 0.260 e. The Kier molecular flexibility index (Phi) is 7.33. The highest BCUT2D eigenvalue weighted by Crippen LogP contribution is 2.66. The van der Waals surface area contributed by atoms with Crippen LogP contribution in [0.25, 0.3) is 0 Å². The van der Waals surface area contributed by atoms with Crippen molar-refractivity contribution >= 4 is 29.3 Å². The number of imide groups is 2. The van der Waals surface area contributed by atoms with Crippen LogP contribution in [0.5, 0.6) is 17.2 Å². The molecule has 2 N–H and O–H groups in total. The maximum atomic E-state index is 15.2. The first kappa shape index (κ1) is 30.5. The number of phenols is 1. The normalized spacial score (nSPS) is 28.1. The van der Waals surface area contributed by atoms with Crippen molar-refractivity contribution in [2.45, 2.75) is 38.0 Å². The SMILES string of the molecule is CCN1C(=O)C2CC=C3C(CC4C(=O)N(Nc5ccc(C)cc5)C(=O)C4(c4ccccc4)C3c3c(O)cc(OC)cc3OC)C2C1=O. The van der Waals surface area contributed by atoms with Gasteiger partial charge in [-0.1, -0.05) is 59.7 Å². The zero-order chi connectivity index (χ0) is 33.2. The molecule has 3 aromatic carbocycles. The van der Waals surface area contributed by atoms with Crippen molar-refractivity contribution in [3.05, 3.63) is 95.1 Å². The average Bonchev–Trinajstić information content (AvgIpc) is 3.46. The molecule has 10 nitrogen and oxygen atoms in total. The Labute approximate surface area is 272 Å². The smallest absolute Gasteiger partial charge is 0.260 e. The lowest BCUT2D eigenvalue weighted by Gasteiger charge is -2.50. The van der Waals surface area contributed by atoms with Gasteiger partial charge in [-0.15, -0.1) is 0 Å². The van der Waals surface area contributed by atoms with E-state index in [0.29, 0.717) is 29.0 Å². The van der Waals surface area contributed by atoms with Crippen LogP contribution in [-0.4, -0.2) is 59.4 Å². The largest absolute Gasteiger partial charge is 0.507 e. The van der Waals surface area contributed by atoms with Crippen LogP contribution in [0.15, 0.2) is 78.4 Å². The number of nitrogens with zero attached hydrogens (tertiary/aromatic N) is 2. The summed E-state index contributed by atoms with van der Waals surface area (Å²) in [7, 11) is 2.95. The van der Waals surface area contributed by atoms with Crippen molar-refractivity contribution in [2.75, 3.05) is 26.2 Å². The molecule has 3 fully saturated rings. The van der Waals surface area contributed by atoms with Gasteiger partial charge in [0.25, 0.3) is 11.8 Å². The number of likely N-dealkylation sites (tertiary alicyclic amines) is 1. The van der Waals surface area contributed by atoms with Crippen molar-refractivity contribution < 1.29 is 33.8 Å². The van der Waals surface area contributed by atoms with Crippen LogP contribution >= 0.6 is 0 Å². The minimum absolute atomic E-state index is 0.168. The van der Waals surface area contributed by atoms with Crippen LogP contribution in [0.3, 0.4) is 0 Å². The van der Waals surface area contributed by atoms with Gasteiger partial charge >= 0.3 is 0 Å². The van der Waals surface area contributed by atoms with Gasteiger partial charge in [-0.25, -0.2) is 0 Å². The lowest BCUT2D eigenvalue weighted by Crippen LogP contribution is -2.53. The van der Waals surface area contributed by atoms with E-state index in [0.717, 1.165) is 16.1 Å². The summed E-state index contributed by atoms with van der Waals surface area (Å²) in [6.45, 7) is 3.98. The molecule has 0 aromatic heterocycles. The summed E-state index contributed by atoms with van der Waals surface area (Å²) in [6, 6.07) is 19.7. The van der Waals surface area contributed by atoms with Gasteiger partial charge in [0.05, 0.1) is 43.1 Å². The molecule has 2 saturated heterocycles. The van der Waals surface area contributed by atoms with E-state index in [4.69, 9.17) is 9.47 Å². The summed E-state index contributed by atoms with van der Waals surface area (Å²) in [6.07, 6.45) is 2.43. The lowest BCUT2D eigenvalue weighted by molar-refractivity contribution is -0.141. The molecule has 10 heteroatoms. The quantitative estimate of drug-likeness (QED) is 0.282. The number of fused-ring (bicyclic) bond motifs is 4. The number of benzene rings is 3. The van der Waals surface area contributed by atoms with Crippen LogP contribution in [0, 0.1) is 30.6 Å². The van der Waals surface area contributed by atoms with Gasteiger partial charge in [0, 0.05) is 30.2 Å².